The molecule has 0 aliphatic heterocycles. The Morgan fingerprint density at radius 1 is 1.03 bits per heavy atom. The van der Waals surface area contributed by atoms with Crippen molar-refractivity contribution in [2.24, 2.45) is 46.3 Å². The highest BCUT2D eigenvalue weighted by Gasteiger charge is 2.64. The van der Waals surface area contributed by atoms with Crippen molar-refractivity contribution in [2.45, 2.75) is 96.4 Å². The van der Waals surface area contributed by atoms with E-state index in [1.54, 1.807) is 0 Å². The fourth-order valence-electron chi connectivity index (χ4n) is 9.05. The quantitative estimate of drug-likeness (QED) is 0.587. The summed E-state index contributed by atoms with van der Waals surface area (Å²) in [4.78, 5) is 11.3. The van der Waals surface area contributed by atoms with Gasteiger partial charge in [-0.25, -0.2) is 0 Å². The average molecular weight is 425 g/mol. The second kappa shape index (κ2) is 7.75. The predicted molar refractivity (Wildman–Crippen MR) is 118 cm³/mol. The Bertz CT molecular complexity index is 640. The van der Waals surface area contributed by atoms with Gasteiger partial charge in [-0.2, -0.15) is 0 Å². The lowest BCUT2D eigenvalue weighted by molar-refractivity contribution is -0.202. The summed E-state index contributed by atoms with van der Waals surface area (Å²) in [5.41, 5.74) is 0.486. The highest BCUT2D eigenvalue weighted by Crippen LogP contribution is 2.69. The first-order valence-electron chi connectivity index (χ1n) is 12.0. The van der Waals surface area contributed by atoms with Crippen LogP contribution >= 0.6 is 9.24 Å². The number of aliphatic hydroxyl groups is 2. The third-order valence-electron chi connectivity index (χ3n) is 10.4. The van der Waals surface area contributed by atoms with Gasteiger partial charge < -0.3 is 15.3 Å². The van der Waals surface area contributed by atoms with Crippen LogP contribution in [0.1, 0.15) is 78.6 Å². The van der Waals surface area contributed by atoms with E-state index in [1.807, 2.05) is 0 Å². The SMILES string of the molecule is CC[C@H]1[C@@H](O)[C@H]2C3CC[C@H]([C@H](P)CC(=O)O)[C@@]3(C)CCC2[C@@]2(C)CC[C@@H](O)C[C@@H]12. The molecule has 4 nitrogen and oxygen atoms in total. The van der Waals surface area contributed by atoms with Gasteiger partial charge in [-0.15, -0.1) is 9.24 Å². The molecule has 4 aliphatic carbocycles. The third kappa shape index (κ3) is 3.31. The smallest absolute Gasteiger partial charge is 0.303 e. The molecule has 29 heavy (non-hydrogen) atoms. The lowest BCUT2D eigenvalue weighted by Gasteiger charge is -2.64. The first-order chi connectivity index (χ1) is 13.6. The van der Waals surface area contributed by atoms with E-state index in [4.69, 9.17) is 0 Å². The van der Waals surface area contributed by atoms with Crippen molar-refractivity contribution in [3.8, 4) is 0 Å². The highest BCUT2D eigenvalue weighted by atomic mass is 31.0. The van der Waals surface area contributed by atoms with E-state index in [0.29, 0.717) is 29.6 Å². The van der Waals surface area contributed by atoms with Crippen LogP contribution in [0, 0.1) is 46.3 Å². The number of carboxylic acids is 1. The maximum Gasteiger partial charge on any atom is 0.303 e. The molecule has 4 rings (SSSR count). The van der Waals surface area contributed by atoms with Crippen LogP contribution < -0.4 is 0 Å². The molecule has 0 saturated heterocycles. The van der Waals surface area contributed by atoms with E-state index in [0.717, 1.165) is 51.4 Å². The molecular weight excluding hydrogens is 383 g/mol. The molecule has 4 saturated carbocycles. The lowest BCUT2D eigenvalue weighted by atomic mass is 9.41. The van der Waals surface area contributed by atoms with Gasteiger partial charge in [0.2, 0.25) is 0 Å². The minimum atomic E-state index is -0.703. The zero-order valence-corrected chi connectivity index (χ0v) is 19.5. The number of aliphatic carboxylic acids is 1. The van der Waals surface area contributed by atoms with Gasteiger partial charge in [-0.1, -0.05) is 27.2 Å². The zero-order valence-electron chi connectivity index (χ0n) is 18.4. The molecule has 0 aromatic rings. The normalized spacial score (nSPS) is 52.9. The summed E-state index contributed by atoms with van der Waals surface area (Å²) >= 11 is 0. The van der Waals surface area contributed by atoms with Gasteiger partial charge in [0.25, 0.3) is 0 Å². The molecule has 0 bridgehead atoms. The maximum atomic E-state index is 11.7. The van der Waals surface area contributed by atoms with Gasteiger partial charge in [0.1, 0.15) is 0 Å². The molecule has 0 heterocycles. The van der Waals surface area contributed by atoms with Crippen LogP contribution in [0.2, 0.25) is 0 Å². The van der Waals surface area contributed by atoms with Gasteiger partial charge in [0, 0.05) is 0 Å². The van der Waals surface area contributed by atoms with Gasteiger partial charge in [0.05, 0.1) is 18.6 Å². The summed E-state index contributed by atoms with van der Waals surface area (Å²) in [6.45, 7) is 7.08. The Hall–Kier alpha value is -0.180. The fourth-order valence-corrected chi connectivity index (χ4v) is 9.88. The Kier molecular flexibility index (Phi) is 5.89. The largest absolute Gasteiger partial charge is 0.481 e. The van der Waals surface area contributed by atoms with E-state index >= 15 is 0 Å². The number of hydrogen-bond acceptors (Lipinski definition) is 3. The van der Waals surface area contributed by atoms with Crippen molar-refractivity contribution < 1.29 is 20.1 Å². The van der Waals surface area contributed by atoms with Crippen molar-refractivity contribution in [2.75, 3.05) is 0 Å². The van der Waals surface area contributed by atoms with Crippen LogP contribution in [0.15, 0.2) is 0 Å². The fraction of sp³-hybridized carbons (Fsp3) is 0.958. The van der Waals surface area contributed by atoms with Crippen LogP contribution in [0.25, 0.3) is 0 Å². The second-order valence-electron chi connectivity index (χ2n) is 11.4. The molecule has 5 heteroatoms. The summed E-state index contributed by atoms with van der Waals surface area (Å²) < 4.78 is 0. The van der Waals surface area contributed by atoms with Gasteiger partial charge in [-0.3, -0.25) is 4.79 Å². The summed E-state index contributed by atoms with van der Waals surface area (Å²) in [6, 6.07) is 0. The van der Waals surface area contributed by atoms with Crippen LogP contribution in [0.4, 0.5) is 0 Å². The van der Waals surface area contributed by atoms with Crippen LogP contribution in [-0.4, -0.2) is 39.2 Å². The molecule has 0 amide bonds. The molecule has 3 N–H and O–H groups in total. The van der Waals surface area contributed by atoms with Crippen molar-refractivity contribution in [1.29, 1.82) is 0 Å². The number of carbonyl (C=O) groups is 1. The standard InChI is InChI=1S/C24H41O4P/c1-4-14-18-11-13(25)7-9-24(18,3)17-8-10-23(2)15(19(29)12-20(26)27)5-6-16(23)21(17)22(14)28/h13-19,21-22,25,28H,4-12,29H2,1-3H3,(H,26,27)/t13-,14-,15-,16?,17?,18+,19-,21+,22-,23-,24-/m1/s1. The van der Waals surface area contributed by atoms with Gasteiger partial charge in [0.15, 0.2) is 0 Å². The molecule has 4 fully saturated rings. The van der Waals surface area contributed by atoms with E-state index in [-0.39, 0.29) is 41.0 Å². The first-order valence-corrected chi connectivity index (χ1v) is 12.6. The van der Waals surface area contributed by atoms with Gasteiger partial charge in [-0.05, 0) is 96.9 Å². The van der Waals surface area contributed by atoms with Crippen molar-refractivity contribution >= 4 is 15.2 Å². The number of aliphatic hydroxyl groups excluding tert-OH is 2. The summed E-state index contributed by atoms with van der Waals surface area (Å²) in [5, 5.41) is 31.4. The average Bonchev–Trinajstić information content (AvgIpc) is 3.00. The van der Waals surface area contributed by atoms with E-state index in [2.05, 4.69) is 30.0 Å². The second-order valence-corrected chi connectivity index (χ2v) is 12.2. The van der Waals surface area contributed by atoms with Crippen molar-refractivity contribution in [3.63, 3.8) is 0 Å². The topological polar surface area (TPSA) is 77.8 Å². The zero-order chi connectivity index (χ0) is 21.1. The third-order valence-corrected chi connectivity index (χ3v) is 11.1. The first kappa shape index (κ1) is 22.0. The molecule has 0 aromatic carbocycles. The lowest BCUT2D eigenvalue weighted by Crippen LogP contribution is -2.62. The van der Waals surface area contributed by atoms with E-state index in [1.165, 1.54) is 0 Å². The van der Waals surface area contributed by atoms with E-state index in [9.17, 15) is 20.1 Å². The van der Waals surface area contributed by atoms with Crippen LogP contribution in [0.3, 0.4) is 0 Å². The molecule has 4 aliphatic rings. The Morgan fingerprint density at radius 3 is 2.34 bits per heavy atom. The molecule has 0 aromatic heterocycles. The minimum absolute atomic E-state index is 0.120. The molecule has 166 valence electrons. The number of carboxylic acid groups (broad SMARTS) is 1. The number of hydrogen-bond donors (Lipinski definition) is 3. The monoisotopic (exact) mass is 424 g/mol. The predicted octanol–water partition coefficient (Wildman–Crippen LogP) is 4.33. The van der Waals surface area contributed by atoms with E-state index < -0.39 is 5.97 Å². The summed E-state index contributed by atoms with van der Waals surface area (Å²) in [5.74, 6) is 1.79. The molecule has 0 radical (unpaired) electrons. The molecule has 12 atom stereocenters. The number of fused-ring (bicyclic) bond motifs is 5. The Balaban J connectivity index is 1.66. The van der Waals surface area contributed by atoms with Crippen LogP contribution in [-0.2, 0) is 4.79 Å². The number of rotatable bonds is 4. The van der Waals surface area contributed by atoms with Crippen LogP contribution in [0.5, 0.6) is 0 Å². The molecular formula is C24H41O4P. The summed E-state index contributed by atoms with van der Waals surface area (Å²) in [7, 11) is 2.84. The molecule has 3 unspecified atom stereocenters. The summed E-state index contributed by atoms with van der Waals surface area (Å²) in [6.07, 6.45) is 8.09. The van der Waals surface area contributed by atoms with Crippen molar-refractivity contribution in [1.82, 2.24) is 0 Å². The van der Waals surface area contributed by atoms with Gasteiger partial charge >= 0.3 is 5.97 Å². The highest BCUT2D eigenvalue weighted by molar-refractivity contribution is 7.17. The molecule has 0 spiro atoms. The Labute approximate surface area is 178 Å². The minimum Gasteiger partial charge on any atom is -0.481 e. The van der Waals surface area contributed by atoms with Crippen molar-refractivity contribution in [3.05, 3.63) is 0 Å². The Morgan fingerprint density at radius 2 is 1.69 bits per heavy atom. The maximum absolute atomic E-state index is 11.7.